The lowest BCUT2D eigenvalue weighted by Crippen LogP contribution is -2.25. The Morgan fingerprint density at radius 2 is 1.75 bits per heavy atom. The first-order valence-corrected chi connectivity index (χ1v) is 6.40. The van der Waals surface area contributed by atoms with Crippen molar-refractivity contribution < 1.29 is 18.6 Å². The molecule has 0 fully saturated rings. The first kappa shape index (κ1) is 13.1. The molecule has 0 saturated carbocycles. The highest BCUT2D eigenvalue weighted by Gasteiger charge is 2.40. The van der Waals surface area contributed by atoms with Gasteiger partial charge in [0.2, 0.25) is 0 Å². The zero-order valence-electron chi connectivity index (χ0n) is 11.0. The Balaban J connectivity index is 2.19. The van der Waals surface area contributed by atoms with Crippen LogP contribution in [0.25, 0.3) is 0 Å². The van der Waals surface area contributed by atoms with Gasteiger partial charge in [-0.1, -0.05) is 6.07 Å². The van der Waals surface area contributed by atoms with Crippen molar-refractivity contribution in [1.82, 2.24) is 0 Å². The first-order chi connectivity index (χ1) is 9.54. The van der Waals surface area contributed by atoms with Gasteiger partial charge in [0, 0.05) is 5.56 Å². The van der Waals surface area contributed by atoms with Crippen LogP contribution in [0.1, 0.15) is 23.1 Å². The fraction of sp³-hybridized carbons (Fsp3) is 0.250. The molecule has 1 aliphatic rings. The standard InChI is InChI=1S/C16H14F2O2/c1-20-15-5-3-12(18)9-14(15)16(19)7-6-10-8-11(17)2-4-13(10)16/h2-5,8-9,19H,6-7H2,1H3. The summed E-state index contributed by atoms with van der Waals surface area (Å²) in [7, 11) is 1.47. The van der Waals surface area contributed by atoms with E-state index in [1.165, 1.54) is 37.4 Å². The molecule has 2 aromatic carbocycles. The lowest BCUT2D eigenvalue weighted by atomic mass is 9.87. The Kier molecular flexibility index (Phi) is 2.98. The smallest absolute Gasteiger partial charge is 0.125 e. The molecule has 0 spiro atoms. The topological polar surface area (TPSA) is 29.5 Å². The second-order valence-electron chi connectivity index (χ2n) is 5.01. The Hall–Kier alpha value is -1.94. The number of benzene rings is 2. The Morgan fingerprint density at radius 3 is 2.50 bits per heavy atom. The van der Waals surface area contributed by atoms with Gasteiger partial charge in [0.1, 0.15) is 23.0 Å². The van der Waals surface area contributed by atoms with Gasteiger partial charge in [-0.15, -0.1) is 0 Å². The number of rotatable bonds is 2. The number of hydrogen-bond donors (Lipinski definition) is 1. The van der Waals surface area contributed by atoms with E-state index >= 15 is 0 Å². The van der Waals surface area contributed by atoms with E-state index in [0.717, 1.165) is 5.56 Å². The van der Waals surface area contributed by atoms with Crippen molar-refractivity contribution in [2.75, 3.05) is 7.11 Å². The van der Waals surface area contributed by atoms with E-state index in [0.29, 0.717) is 29.7 Å². The highest BCUT2D eigenvalue weighted by molar-refractivity contribution is 5.50. The zero-order valence-corrected chi connectivity index (χ0v) is 11.0. The third-order valence-electron chi connectivity index (χ3n) is 3.88. The fourth-order valence-electron chi connectivity index (χ4n) is 2.91. The number of methoxy groups -OCH3 is 1. The van der Waals surface area contributed by atoms with Crippen molar-refractivity contribution in [3.63, 3.8) is 0 Å². The molecule has 2 aromatic rings. The highest BCUT2D eigenvalue weighted by Crippen LogP contribution is 2.45. The van der Waals surface area contributed by atoms with Crippen LogP contribution in [-0.4, -0.2) is 12.2 Å². The van der Waals surface area contributed by atoms with Crippen molar-refractivity contribution >= 4 is 0 Å². The maximum Gasteiger partial charge on any atom is 0.125 e. The molecule has 2 nitrogen and oxygen atoms in total. The van der Waals surface area contributed by atoms with Crippen LogP contribution in [0.2, 0.25) is 0 Å². The molecule has 1 aliphatic carbocycles. The molecule has 20 heavy (non-hydrogen) atoms. The number of aryl methyl sites for hydroxylation is 1. The monoisotopic (exact) mass is 276 g/mol. The van der Waals surface area contributed by atoms with Gasteiger partial charge in [-0.3, -0.25) is 0 Å². The first-order valence-electron chi connectivity index (χ1n) is 6.40. The molecule has 0 aromatic heterocycles. The molecular weight excluding hydrogens is 262 g/mol. The lowest BCUT2D eigenvalue weighted by molar-refractivity contribution is 0.0796. The van der Waals surface area contributed by atoms with Crippen LogP contribution in [0.15, 0.2) is 36.4 Å². The summed E-state index contributed by atoms with van der Waals surface area (Å²) in [4.78, 5) is 0. The van der Waals surface area contributed by atoms with Gasteiger partial charge >= 0.3 is 0 Å². The van der Waals surface area contributed by atoms with E-state index < -0.39 is 11.4 Å². The van der Waals surface area contributed by atoms with Crippen molar-refractivity contribution in [1.29, 1.82) is 0 Å². The normalized spacial score (nSPS) is 20.8. The van der Waals surface area contributed by atoms with E-state index in [1.54, 1.807) is 6.07 Å². The minimum absolute atomic E-state index is 0.334. The summed E-state index contributed by atoms with van der Waals surface area (Å²) in [6.45, 7) is 0. The molecular formula is C16H14F2O2. The van der Waals surface area contributed by atoms with Crippen LogP contribution in [0.4, 0.5) is 8.78 Å². The highest BCUT2D eigenvalue weighted by atomic mass is 19.1. The van der Waals surface area contributed by atoms with E-state index in [4.69, 9.17) is 4.74 Å². The van der Waals surface area contributed by atoms with Gasteiger partial charge < -0.3 is 9.84 Å². The number of aliphatic hydroxyl groups is 1. The van der Waals surface area contributed by atoms with Crippen LogP contribution < -0.4 is 4.74 Å². The van der Waals surface area contributed by atoms with Crippen LogP contribution in [-0.2, 0) is 12.0 Å². The Labute approximate surface area is 115 Å². The van der Waals surface area contributed by atoms with Crippen LogP contribution in [0, 0.1) is 11.6 Å². The van der Waals surface area contributed by atoms with Crippen molar-refractivity contribution in [3.8, 4) is 5.75 Å². The third kappa shape index (κ3) is 1.88. The number of fused-ring (bicyclic) bond motifs is 1. The van der Waals surface area contributed by atoms with Crippen LogP contribution in [0.5, 0.6) is 5.75 Å². The maximum absolute atomic E-state index is 13.5. The summed E-state index contributed by atoms with van der Waals surface area (Å²) in [6, 6.07) is 8.33. The summed E-state index contributed by atoms with van der Waals surface area (Å²) in [5, 5.41) is 11.0. The predicted octanol–water partition coefficient (Wildman–Crippen LogP) is 3.16. The summed E-state index contributed by atoms with van der Waals surface area (Å²) in [6.07, 6.45) is 0.925. The van der Waals surface area contributed by atoms with Crippen molar-refractivity contribution in [2.24, 2.45) is 0 Å². The van der Waals surface area contributed by atoms with Gasteiger partial charge in [0.15, 0.2) is 0 Å². The summed E-state index contributed by atoms with van der Waals surface area (Å²) >= 11 is 0. The van der Waals surface area contributed by atoms with E-state index in [9.17, 15) is 13.9 Å². The van der Waals surface area contributed by atoms with Crippen LogP contribution >= 0.6 is 0 Å². The summed E-state index contributed by atoms with van der Waals surface area (Å²) in [5.41, 5.74) is 0.406. The minimum Gasteiger partial charge on any atom is -0.496 e. The van der Waals surface area contributed by atoms with E-state index in [2.05, 4.69) is 0 Å². The maximum atomic E-state index is 13.5. The minimum atomic E-state index is -1.34. The SMILES string of the molecule is COc1ccc(F)cc1C1(O)CCc2cc(F)ccc21. The molecule has 4 heteroatoms. The molecule has 104 valence electrons. The molecule has 0 heterocycles. The summed E-state index contributed by atoms with van der Waals surface area (Å²) in [5.74, 6) is -0.352. The molecule has 1 N–H and O–H groups in total. The van der Waals surface area contributed by atoms with Crippen molar-refractivity contribution in [2.45, 2.75) is 18.4 Å². The summed E-state index contributed by atoms with van der Waals surface area (Å²) < 4.78 is 32.0. The molecule has 1 atom stereocenters. The van der Waals surface area contributed by atoms with Gasteiger partial charge in [0.05, 0.1) is 7.11 Å². The fourth-order valence-corrected chi connectivity index (χ4v) is 2.91. The lowest BCUT2D eigenvalue weighted by Gasteiger charge is -2.26. The third-order valence-corrected chi connectivity index (χ3v) is 3.88. The largest absolute Gasteiger partial charge is 0.496 e. The zero-order chi connectivity index (χ0) is 14.3. The van der Waals surface area contributed by atoms with Gasteiger partial charge in [-0.2, -0.15) is 0 Å². The van der Waals surface area contributed by atoms with Crippen LogP contribution in [0.3, 0.4) is 0 Å². The molecule has 0 amide bonds. The molecule has 0 radical (unpaired) electrons. The quantitative estimate of drug-likeness (QED) is 0.913. The molecule has 0 bridgehead atoms. The van der Waals surface area contributed by atoms with Crippen molar-refractivity contribution in [3.05, 3.63) is 64.7 Å². The Morgan fingerprint density at radius 1 is 1.05 bits per heavy atom. The second-order valence-corrected chi connectivity index (χ2v) is 5.01. The molecule has 0 saturated heterocycles. The Bertz CT molecular complexity index is 670. The van der Waals surface area contributed by atoms with Gasteiger partial charge in [-0.05, 0) is 54.3 Å². The van der Waals surface area contributed by atoms with E-state index in [-0.39, 0.29) is 5.82 Å². The molecule has 0 aliphatic heterocycles. The predicted molar refractivity (Wildman–Crippen MR) is 70.7 cm³/mol. The van der Waals surface area contributed by atoms with E-state index in [1.807, 2.05) is 0 Å². The molecule has 1 unspecified atom stereocenters. The average Bonchev–Trinajstić information content (AvgIpc) is 2.77. The van der Waals surface area contributed by atoms with Gasteiger partial charge in [0.25, 0.3) is 0 Å². The number of hydrogen-bond acceptors (Lipinski definition) is 2. The second kappa shape index (κ2) is 4.56. The van der Waals surface area contributed by atoms with Gasteiger partial charge in [-0.25, -0.2) is 8.78 Å². The average molecular weight is 276 g/mol. The number of ether oxygens (including phenoxy) is 1. The molecule has 3 rings (SSSR count). The number of halogens is 2.